The number of nitrogens with two attached hydrogens (primary N) is 1. The molecule has 4 N–H and O–H groups in total. The SMILES string of the molecule is NCC1(Nc2ccccc2C(F)(F)F)CCNC1. The van der Waals surface area contributed by atoms with Crippen LogP contribution in [0, 0.1) is 0 Å². The smallest absolute Gasteiger partial charge is 0.377 e. The summed E-state index contributed by atoms with van der Waals surface area (Å²) in [6.07, 6.45) is -3.64. The number of hydrogen-bond acceptors (Lipinski definition) is 3. The summed E-state index contributed by atoms with van der Waals surface area (Å²) < 4.78 is 38.6. The van der Waals surface area contributed by atoms with E-state index in [1.807, 2.05) is 0 Å². The summed E-state index contributed by atoms with van der Waals surface area (Å²) >= 11 is 0. The molecule has 0 bridgehead atoms. The zero-order valence-electron chi connectivity index (χ0n) is 9.85. The molecule has 1 aromatic carbocycles. The topological polar surface area (TPSA) is 50.1 Å². The van der Waals surface area contributed by atoms with Crippen molar-refractivity contribution in [3.63, 3.8) is 0 Å². The molecule has 0 aromatic heterocycles. The Morgan fingerprint density at radius 3 is 2.61 bits per heavy atom. The second-order valence-electron chi connectivity index (χ2n) is 4.58. The molecule has 1 unspecified atom stereocenters. The molecule has 100 valence electrons. The summed E-state index contributed by atoms with van der Waals surface area (Å²) in [5, 5.41) is 6.09. The normalized spacial score (nSPS) is 24.2. The third-order valence-electron chi connectivity index (χ3n) is 3.27. The highest BCUT2D eigenvalue weighted by molar-refractivity contribution is 5.54. The van der Waals surface area contributed by atoms with E-state index in [4.69, 9.17) is 5.73 Å². The van der Waals surface area contributed by atoms with Crippen molar-refractivity contribution in [1.29, 1.82) is 0 Å². The van der Waals surface area contributed by atoms with Crippen LogP contribution in [0.5, 0.6) is 0 Å². The summed E-state index contributed by atoms with van der Waals surface area (Å²) in [4.78, 5) is 0. The van der Waals surface area contributed by atoms with Gasteiger partial charge in [0.05, 0.1) is 11.1 Å². The fourth-order valence-corrected chi connectivity index (χ4v) is 2.20. The van der Waals surface area contributed by atoms with Crippen molar-refractivity contribution in [2.75, 3.05) is 25.0 Å². The lowest BCUT2D eigenvalue weighted by atomic mass is 9.97. The molecule has 1 aliphatic rings. The molecular weight excluding hydrogens is 243 g/mol. The van der Waals surface area contributed by atoms with Gasteiger partial charge < -0.3 is 16.4 Å². The van der Waals surface area contributed by atoms with Gasteiger partial charge in [0, 0.05) is 18.8 Å². The van der Waals surface area contributed by atoms with Crippen LogP contribution in [0.1, 0.15) is 12.0 Å². The van der Waals surface area contributed by atoms with Gasteiger partial charge in [0.15, 0.2) is 0 Å². The van der Waals surface area contributed by atoms with Crippen LogP contribution in [0.4, 0.5) is 18.9 Å². The van der Waals surface area contributed by atoms with Gasteiger partial charge in [-0.25, -0.2) is 0 Å². The quantitative estimate of drug-likeness (QED) is 0.776. The predicted molar refractivity (Wildman–Crippen MR) is 64.3 cm³/mol. The van der Waals surface area contributed by atoms with Crippen LogP contribution in [0.15, 0.2) is 24.3 Å². The van der Waals surface area contributed by atoms with Crippen LogP contribution in [0.25, 0.3) is 0 Å². The average molecular weight is 259 g/mol. The van der Waals surface area contributed by atoms with E-state index in [-0.39, 0.29) is 5.69 Å². The van der Waals surface area contributed by atoms with Crippen molar-refractivity contribution in [2.24, 2.45) is 5.73 Å². The standard InChI is InChI=1S/C12H16F3N3/c13-12(14,15)9-3-1-2-4-10(9)18-11(7-16)5-6-17-8-11/h1-4,17-18H,5-8,16H2. The molecule has 6 heteroatoms. The van der Waals surface area contributed by atoms with Crippen LogP contribution in [-0.2, 0) is 6.18 Å². The van der Waals surface area contributed by atoms with Gasteiger partial charge in [-0.1, -0.05) is 12.1 Å². The minimum Gasteiger partial charge on any atom is -0.377 e. The largest absolute Gasteiger partial charge is 0.418 e. The van der Waals surface area contributed by atoms with Crippen LogP contribution in [0.3, 0.4) is 0 Å². The first kappa shape index (κ1) is 13.2. The zero-order chi connectivity index (χ0) is 13.2. The average Bonchev–Trinajstić information content (AvgIpc) is 2.78. The maximum atomic E-state index is 12.9. The highest BCUT2D eigenvalue weighted by Gasteiger charge is 2.37. The monoisotopic (exact) mass is 259 g/mol. The van der Waals surface area contributed by atoms with Gasteiger partial charge in [-0.2, -0.15) is 13.2 Å². The van der Waals surface area contributed by atoms with E-state index in [1.54, 1.807) is 6.07 Å². The van der Waals surface area contributed by atoms with E-state index < -0.39 is 17.3 Å². The molecule has 0 radical (unpaired) electrons. The van der Waals surface area contributed by atoms with E-state index in [9.17, 15) is 13.2 Å². The van der Waals surface area contributed by atoms with Crippen molar-refractivity contribution < 1.29 is 13.2 Å². The number of alkyl halides is 3. The fourth-order valence-electron chi connectivity index (χ4n) is 2.20. The van der Waals surface area contributed by atoms with E-state index >= 15 is 0 Å². The van der Waals surface area contributed by atoms with Crippen molar-refractivity contribution in [3.8, 4) is 0 Å². The Morgan fingerprint density at radius 2 is 2.06 bits per heavy atom. The van der Waals surface area contributed by atoms with Gasteiger partial charge in [-0.05, 0) is 25.1 Å². The molecule has 1 atom stereocenters. The summed E-state index contributed by atoms with van der Waals surface area (Å²) in [5.41, 5.74) is 4.66. The van der Waals surface area contributed by atoms with Crippen LogP contribution in [-0.4, -0.2) is 25.2 Å². The number of hydrogen-bond donors (Lipinski definition) is 3. The second kappa shape index (κ2) is 4.78. The number of nitrogens with one attached hydrogen (secondary N) is 2. The van der Waals surface area contributed by atoms with Gasteiger partial charge in [0.2, 0.25) is 0 Å². The first-order valence-electron chi connectivity index (χ1n) is 5.82. The lowest BCUT2D eigenvalue weighted by Gasteiger charge is -2.30. The number of rotatable bonds is 3. The third-order valence-corrected chi connectivity index (χ3v) is 3.27. The molecule has 1 saturated heterocycles. The van der Waals surface area contributed by atoms with Crippen molar-refractivity contribution in [1.82, 2.24) is 5.32 Å². The highest BCUT2D eigenvalue weighted by atomic mass is 19.4. The molecular formula is C12H16F3N3. The van der Waals surface area contributed by atoms with Crippen molar-refractivity contribution >= 4 is 5.69 Å². The Balaban J connectivity index is 2.29. The van der Waals surface area contributed by atoms with Gasteiger partial charge in [0.25, 0.3) is 0 Å². The van der Waals surface area contributed by atoms with Gasteiger partial charge in [-0.15, -0.1) is 0 Å². The highest BCUT2D eigenvalue weighted by Crippen LogP contribution is 2.36. The van der Waals surface area contributed by atoms with Crippen LogP contribution in [0.2, 0.25) is 0 Å². The number of anilines is 1. The van der Waals surface area contributed by atoms with Crippen LogP contribution < -0.4 is 16.4 Å². The first-order valence-corrected chi connectivity index (χ1v) is 5.82. The molecule has 0 aliphatic carbocycles. The number of para-hydroxylation sites is 1. The van der Waals surface area contributed by atoms with E-state index in [2.05, 4.69) is 10.6 Å². The molecule has 1 fully saturated rings. The van der Waals surface area contributed by atoms with E-state index in [0.29, 0.717) is 13.1 Å². The number of halogens is 3. The molecule has 2 rings (SSSR count). The first-order chi connectivity index (χ1) is 8.47. The molecule has 3 nitrogen and oxygen atoms in total. The fraction of sp³-hybridized carbons (Fsp3) is 0.500. The third kappa shape index (κ3) is 2.59. The zero-order valence-corrected chi connectivity index (χ0v) is 9.85. The summed E-state index contributed by atoms with van der Waals surface area (Å²) in [6.45, 7) is 1.64. The van der Waals surface area contributed by atoms with Gasteiger partial charge in [0.1, 0.15) is 0 Å². The molecule has 1 aliphatic heterocycles. The lowest BCUT2D eigenvalue weighted by molar-refractivity contribution is -0.137. The minimum absolute atomic E-state index is 0.0964. The Bertz CT molecular complexity index is 411. The molecule has 0 amide bonds. The van der Waals surface area contributed by atoms with Crippen molar-refractivity contribution in [3.05, 3.63) is 29.8 Å². The molecule has 18 heavy (non-hydrogen) atoms. The Labute approximate surface area is 104 Å². The predicted octanol–water partition coefficient (Wildman–Crippen LogP) is 1.81. The summed E-state index contributed by atoms with van der Waals surface area (Å²) in [5.74, 6) is 0. The van der Waals surface area contributed by atoms with E-state index in [0.717, 1.165) is 19.0 Å². The van der Waals surface area contributed by atoms with Gasteiger partial charge >= 0.3 is 6.18 Å². The molecule has 0 spiro atoms. The Kier molecular flexibility index (Phi) is 3.49. The van der Waals surface area contributed by atoms with Gasteiger partial charge in [-0.3, -0.25) is 0 Å². The molecule has 1 aromatic rings. The lowest BCUT2D eigenvalue weighted by Crippen LogP contribution is -2.47. The van der Waals surface area contributed by atoms with Crippen LogP contribution >= 0.6 is 0 Å². The minimum atomic E-state index is -4.36. The maximum Gasteiger partial charge on any atom is 0.418 e. The number of benzene rings is 1. The Hall–Kier alpha value is -1.27. The summed E-state index contributed by atoms with van der Waals surface area (Å²) in [6, 6.07) is 5.49. The summed E-state index contributed by atoms with van der Waals surface area (Å²) in [7, 11) is 0. The molecule has 0 saturated carbocycles. The second-order valence-corrected chi connectivity index (χ2v) is 4.58. The maximum absolute atomic E-state index is 12.9. The van der Waals surface area contributed by atoms with E-state index in [1.165, 1.54) is 12.1 Å². The van der Waals surface area contributed by atoms with Crippen molar-refractivity contribution in [2.45, 2.75) is 18.1 Å². The molecule has 1 heterocycles. The Morgan fingerprint density at radius 1 is 1.33 bits per heavy atom.